The first-order valence-corrected chi connectivity index (χ1v) is 4.35. The molecule has 0 amide bonds. The molecule has 0 saturated heterocycles. The molecule has 7 heteroatoms. The lowest BCUT2D eigenvalue weighted by atomic mass is 9.91. The molecule has 0 aromatic heterocycles. The van der Waals surface area contributed by atoms with Crippen LogP contribution in [0.25, 0.3) is 5.76 Å². The first kappa shape index (κ1) is 10.8. The molecule has 5 N–H and O–H groups in total. The highest BCUT2D eigenvalue weighted by Gasteiger charge is 2.36. The van der Waals surface area contributed by atoms with Gasteiger partial charge in [0, 0.05) is 5.56 Å². The van der Waals surface area contributed by atoms with Crippen molar-refractivity contribution < 1.29 is 35.1 Å². The maximum atomic E-state index is 11.4. The fourth-order valence-electron chi connectivity index (χ4n) is 1.52. The summed E-state index contributed by atoms with van der Waals surface area (Å²) in [5, 5.41) is 46.4. The quantitative estimate of drug-likeness (QED) is 0.325. The van der Waals surface area contributed by atoms with Gasteiger partial charge in [-0.15, -0.1) is 0 Å². The van der Waals surface area contributed by atoms with Gasteiger partial charge in [-0.2, -0.15) is 0 Å². The van der Waals surface area contributed by atoms with Crippen LogP contribution in [0.5, 0.6) is 17.2 Å². The predicted octanol–water partition coefficient (Wildman–Crippen LogP) is 0.353. The summed E-state index contributed by atoms with van der Waals surface area (Å²) in [5.41, 5.74) is -1.10. The van der Waals surface area contributed by atoms with Crippen molar-refractivity contribution in [2.45, 2.75) is 0 Å². The van der Waals surface area contributed by atoms with Gasteiger partial charge >= 0.3 is 0 Å². The Bertz CT molecular complexity index is 597. The van der Waals surface area contributed by atoms with Gasteiger partial charge in [0.1, 0.15) is 0 Å². The smallest absolute Gasteiger partial charge is 0.271 e. The van der Waals surface area contributed by atoms with Gasteiger partial charge in [-0.05, 0) is 6.07 Å². The molecule has 2 rings (SSSR count). The number of Topliss-reactive ketones (excluding diaryl/α,β-unsaturated/α-hetero) is 2. The fourth-order valence-corrected chi connectivity index (χ4v) is 1.52. The van der Waals surface area contributed by atoms with Gasteiger partial charge in [-0.3, -0.25) is 9.59 Å². The van der Waals surface area contributed by atoms with E-state index in [2.05, 4.69) is 0 Å². The third kappa shape index (κ3) is 1.22. The summed E-state index contributed by atoms with van der Waals surface area (Å²) in [7, 11) is 0. The van der Waals surface area contributed by atoms with E-state index in [1.807, 2.05) is 0 Å². The number of hydrogen-bond donors (Lipinski definition) is 5. The molecule has 7 nitrogen and oxygen atoms in total. The van der Waals surface area contributed by atoms with Crippen LogP contribution in [0, 0.1) is 0 Å². The molecule has 0 fully saturated rings. The molecule has 0 heterocycles. The highest BCUT2D eigenvalue weighted by molar-refractivity contribution is 6.51. The summed E-state index contributed by atoms with van der Waals surface area (Å²) < 4.78 is 0. The number of benzene rings is 1. The lowest BCUT2D eigenvalue weighted by Crippen LogP contribution is -2.23. The van der Waals surface area contributed by atoms with Crippen LogP contribution < -0.4 is 0 Å². The third-order valence-electron chi connectivity index (χ3n) is 2.38. The molecule has 0 saturated carbocycles. The number of rotatable bonds is 0. The van der Waals surface area contributed by atoms with E-state index in [0.717, 1.165) is 0 Å². The molecule has 0 spiro atoms. The Balaban J connectivity index is 2.91. The molecule has 17 heavy (non-hydrogen) atoms. The van der Waals surface area contributed by atoms with E-state index in [-0.39, 0.29) is 0 Å². The van der Waals surface area contributed by atoms with E-state index < -0.39 is 51.5 Å². The Hall–Kier alpha value is -2.70. The number of aliphatic hydroxyl groups excluding tert-OH is 2. The zero-order chi connectivity index (χ0) is 12.9. The number of phenolic OH excluding ortho intramolecular Hbond substituents is 3. The summed E-state index contributed by atoms with van der Waals surface area (Å²) in [6.07, 6.45) is 0. The van der Waals surface area contributed by atoms with E-state index in [0.29, 0.717) is 6.07 Å². The van der Waals surface area contributed by atoms with Crippen LogP contribution in [0.1, 0.15) is 15.9 Å². The van der Waals surface area contributed by atoms with Gasteiger partial charge in [0.15, 0.2) is 17.3 Å². The van der Waals surface area contributed by atoms with Crippen molar-refractivity contribution in [2.24, 2.45) is 0 Å². The van der Waals surface area contributed by atoms with Crippen LogP contribution in [-0.4, -0.2) is 37.1 Å². The Morgan fingerprint density at radius 3 is 1.94 bits per heavy atom. The van der Waals surface area contributed by atoms with Crippen molar-refractivity contribution in [3.8, 4) is 17.2 Å². The lowest BCUT2D eigenvalue weighted by molar-refractivity contribution is -0.114. The number of fused-ring (bicyclic) bond motifs is 1. The van der Waals surface area contributed by atoms with E-state index in [9.17, 15) is 30.0 Å². The molecule has 1 aromatic carbocycles. The normalized spacial score (nSPS) is 15.1. The zero-order valence-corrected chi connectivity index (χ0v) is 8.13. The zero-order valence-electron chi connectivity index (χ0n) is 8.13. The number of carbonyl (C=O) groups is 2. The SMILES string of the molecule is O=C1C(=O)c2cc(O)c(O)c(O)c2C(O)=C1O. The maximum absolute atomic E-state index is 11.4. The monoisotopic (exact) mass is 238 g/mol. The Kier molecular flexibility index (Phi) is 2.00. The Morgan fingerprint density at radius 1 is 0.765 bits per heavy atom. The molecule has 0 bridgehead atoms. The predicted molar refractivity (Wildman–Crippen MR) is 53.0 cm³/mol. The van der Waals surface area contributed by atoms with Gasteiger partial charge in [0.25, 0.3) is 5.78 Å². The molecular formula is C10H6O7. The number of phenols is 3. The number of carbonyl (C=O) groups excluding carboxylic acids is 2. The van der Waals surface area contributed by atoms with E-state index in [4.69, 9.17) is 5.11 Å². The summed E-state index contributed by atoms with van der Waals surface area (Å²) in [4.78, 5) is 22.6. The topological polar surface area (TPSA) is 135 Å². The maximum Gasteiger partial charge on any atom is 0.271 e. The van der Waals surface area contributed by atoms with Crippen LogP contribution in [0.4, 0.5) is 0 Å². The number of aliphatic hydroxyl groups is 2. The van der Waals surface area contributed by atoms with E-state index in [1.54, 1.807) is 0 Å². The summed E-state index contributed by atoms with van der Waals surface area (Å²) >= 11 is 0. The highest BCUT2D eigenvalue weighted by atomic mass is 16.3. The van der Waals surface area contributed by atoms with Crippen LogP contribution >= 0.6 is 0 Å². The van der Waals surface area contributed by atoms with Crippen molar-refractivity contribution >= 4 is 17.3 Å². The fraction of sp³-hybridized carbons (Fsp3) is 0. The minimum absolute atomic E-state index is 0.502. The lowest BCUT2D eigenvalue weighted by Gasteiger charge is -2.16. The van der Waals surface area contributed by atoms with Crippen LogP contribution in [0.2, 0.25) is 0 Å². The van der Waals surface area contributed by atoms with Crippen molar-refractivity contribution in [1.82, 2.24) is 0 Å². The summed E-state index contributed by atoms with van der Waals surface area (Å²) in [6, 6.07) is 0.716. The van der Waals surface area contributed by atoms with Crippen LogP contribution in [0.15, 0.2) is 11.8 Å². The van der Waals surface area contributed by atoms with Crippen molar-refractivity contribution in [1.29, 1.82) is 0 Å². The Morgan fingerprint density at radius 2 is 1.35 bits per heavy atom. The third-order valence-corrected chi connectivity index (χ3v) is 2.38. The first-order valence-electron chi connectivity index (χ1n) is 4.35. The standard InChI is InChI=1S/C10H6O7/c11-3-1-2-4(7(14)6(3)13)8(15)10(17)9(16)5(2)12/h1,11,13-15,17H. The average Bonchev–Trinajstić information content (AvgIpc) is 2.30. The number of hydrogen-bond acceptors (Lipinski definition) is 7. The van der Waals surface area contributed by atoms with Crippen molar-refractivity contribution in [3.63, 3.8) is 0 Å². The van der Waals surface area contributed by atoms with Gasteiger partial charge < -0.3 is 25.5 Å². The van der Waals surface area contributed by atoms with Gasteiger partial charge in [-0.25, -0.2) is 0 Å². The highest BCUT2D eigenvalue weighted by Crippen LogP contribution is 2.44. The second-order valence-electron chi connectivity index (χ2n) is 3.37. The Labute approximate surface area is 93.5 Å². The summed E-state index contributed by atoms with van der Waals surface area (Å²) in [5.74, 6) is -7.60. The number of allylic oxidation sites excluding steroid dienone is 1. The van der Waals surface area contributed by atoms with Gasteiger partial charge in [0.2, 0.25) is 17.3 Å². The molecule has 1 aliphatic carbocycles. The van der Waals surface area contributed by atoms with Crippen LogP contribution in [0.3, 0.4) is 0 Å². The number of aromatic hydroxyl groups is 3. The average molecular weight is 238 g/mol. The molecule has 0 aliphatic heterocycles. The summed E-state index contributed by atoms with van der Waals surface area (Å²) in [6.45, 7) is 0. The molecular weight excluding hydrogens is 232 g/mol. The van der Waals surface area contributed by atoms with Crippen LogP contribution in [-0.2, 0) is 4.79 Å². The molecule has 1 aliphatic rings. The van der Waals surface area contributed by atoms with Gasteiger partial charge in [-0.1, -0.05) is 0 Å². The van der Waals surface area contributed by atoms with E-state index in [1.165, 1.54) is 0 Å². The largest absolute Gasteiger partial charge is 0.504 e. The second kappa shape index (κ2) is 3.14. The van der Waals surface area contributed by atoms with Crippen molar-refractivity contribution in [3.05, 3.63) is 23.0 Å². The second-order valence-corrected chi connectivity index (χ2v) is 3.37. The van der Waals surface area contributed by atoms with Gasteiger partial charge in [0.05, 0.1) is 5.56 Å². The molecule has 88 valence electrons. The minimum atomic E-state index is -1.36. The van der Waals surface area contributed by atoms with E-state index >= 15 is 0 Å². The molecule has 0 atom stereocenters. The molecule has 0 unspecified atom stereocenters. The minimum Gasteiger partial charge on any atom is -0.504 e. The number of ketones is 2. The molecule has 1 aromatic rings. The first-order chi connectivity index (χ1) is 7.86. The van der Waals surface area contributed by atoms with Crippen molar-refractivity contribution in [2.75, 3.05) is 0 Å². The molecule has 0 radical (unpaired) electrons.